The highest BCUT2D eigenvalue weighted by molar-refractivity contribution is 6.31. The summed E-state index contributed by atoms with van der Waals surface area (Å²) in [4.78, 5) is 0. The Balaban J connectivity index is 2.36. The molecule has 1 aliphatic rings. The molecule has 0 radical (unpaired) electrons. The van der Waals surface area contributed by atoms with Crippen LogP contribution < -0.4 is 5.32 Å². The monoisotopic (exact) mass is 269 g/mol. The number of likely N-dealkylation sites (N-methyl/N-ethyl adjacent to an activating group) is 1. The van der Waals surface area contributed by atoms with Gasteiger partial charge in [-0.25, -0.2) is 4.39 Å². The van der Waals surface area contributed by atoms with Gasteiger partial charge in [-0.1, -0.05) is 38.4 Å². The fourth-order valence-electron chi connectivity index (χ4n) is 3.54. The van der Waals surface area contributed by atoms with Gasteiger partial charge in [0.2, 0.25) is 0 Å². The van der Waals surface area contributed by atoms with Gasteiger partial charge in [-0.2, -0.15) is 0 Å². The summed E-state index contributed by atoms with van der Waals surface area (Å²) in [7, 11) is 0. The number of hydrogen-bond acceptors (Lipinski definition) is 1. The number of halogens is 2. The summed E-state index contributed by atoms with van der Waals surface area (Å²) in [5.74, 6) is -0.170. The molecule has 0 aliphatic heterocycles. The van der Waals surface area contributed by atoms with Gasteiger partial charge in [0.15, 0.2) is 0 Å². The van der Waals surface area contributed by atoms with Crippen LogP contribution in [0.2, 0.25) is 5.02 Å². The zero-order valence-corrected chi connectivity index (χ0v) is 12.1. The lowest BCUT2D eigenvalue weighted by Gasteiger charge is -2.54. The van der Waals surface area contributed by atoms with E-state index in [0.29, 0.717) is 10.6 Å². The Kier molecular flexibility index (Phi) is 3.70. The Bertz CT molecular complexity index is 414. The molecule has 100 valence electrons. The lowest BCUT2D eigenvalue weighted by atomic mass is 9.51. The summed E-state index contributed by atoms with van der Waals surface area (Å²) in [6, 6.07) is 4.98. The van der Waals surface area contributed by atoms with Crippen LogP contribution >= 0.6 is 11.6 Å². The highest BCUT2D eigenvalue weighted by atomic mass is 35.5. The van der Waals surface area contributed by atoms with Crippen LogP contribution in [-0.4, -0.2) is 13.1 Å². The van der Waals surface area contributed by atoms with E-state index in [-0.39, 0.29) is 16.6 Å². The highest BCUT2D eigenvalue weighted by Gasteiger charge is 2.51. The molecule has 1 aliphatic carbocycles. The molecule has 0 atom stereocenters. The molecule has 0 aromatic heterocycles. The Morgan fingerprint density at radius 1 is 1.33 bits per heavy atom. The van der Waals surface area contributed by atoms with Gasteiger partial charge in [0.1, 0.15) is 5.82 Å². The van der Waals surface area contributed by atoms with Crippen LogP contribution in [0.15, 0.2) is 18.2 Å². The molecule has 1 nitrogen and oxygen atoms in total. The number of benzene rings is 1. The van der Waals surface area contributed by atoms with Crippen molar-refractivity contribution in [3.05, 3.63) is 34.6 Å². The molecule has 1 N–H and O–H groups in total. The lowest BCUT2D eigenvalue weighted by Crippen LogP contribution is -2.53. The van der Waals surface area contributed by atoms with Crippen molar-refractivity contribution in [2.45, 2.75) is 39.0 Å². The first-order valence-corrected chi connectivity index (χ1v) is 6.93. The minimum atomic E-state index is -0.170. The van der Waals surface area contributed by atoms with Crippen molar-refractivity contribution >= 4 is 11.6 Å². The number of hydrogen-bond donors (Lipinski definition) is 1. The van der Waals surface area contributed by atoms with Crippen molar-refractivity contribution in [3.8, 4) is 0 Å². The minimum Gasteiger partial charge on any atom is -0.316 e. The van der Waals surface area contributed by atoms with Crippen LogP contribution in [-0.2, 0) is 5.41 Å². The van der Waals surface area contributed by atoms with E-state index in [4.69, 9.17) is 11.6 Å². The lowest BCUT2D eigenvalue weighted by molar-refractivity contribution is 0.0541. The second-order valence-electron chi connectivity index (χ2n) is 6.18. The van der Waals surface area contributed by atoms with Crippen LogP contribution in [0.1, 0.15) is 39.2 Å². The summed E-state index contributed by atoms with van der Waals surface area (Å²) in [5.41, 5.74) is 0.843. The maximum Gasteiger partial charge on any atom is 0.128 e. The van der Waals surface area contributed by atoms with Gasteiger partial charge in [0.25, 0.3) is 0 Å². The van der Waals surface area contributed by atoms with Crippen LogP contribution in [0.4, 0.5) is 4.39 Å². The molecular weight excluding hydrogens is 249 g/mol. The number of rotatable bonds is 4. The van der Waals surface area contributed by atoms with Gasteiger partial charge >= 0.3 is 0 Å². The van der Waals surface area contributed by atoms with Crippen molar-refractivity contribution in [1.82, 2.24) is 5.32 Å². The highest BCUT2D eigenvalue weighted by Crippen LogP contribution is 2.56. The Morgan fingerprint density at radius 3 is 2.50 bits per heavy atom. The van der Waals surface area contributed by atoms with Crippen LogP contribution in [0.25, 0.3) is 0 Å². The van der Waals surface area contributed by atoms with E-state index in [1.54, 1.807) is 12.1 Å². The SMILES string of the molecule is CCNCC1(c2c(F)cccc2Cl)CC(C)(C)C1. The maximum absolute atomic E-state index is 14.1. The second kappa shape index (κ2) is 4.82. The van der Waals surface area contributed by atoms with Gasteiger partial charge in [0.05, 0.1) is 0 Å². The molecule has 1 fully saturated rings. The molecule has 18 heavy (non-hydrogen) atoms. The molecule has 3 heteroatoms. The molecule has 1 aromatic rings. The summed E-state index contributed by atoms with van der Waals surface area (Å²) in [6.45, 7) is 8.22. The summed E-state index contributed by atoms with van der Waals surface area (Å²) in [6.07, 6.45) is 1.96. The zero-order chi connectivity index (χ0) is 13.4. The molecule has 0 unspecified atom stereocenters. The van der Waals surface area contributed by atoms with Crippen LogP contribution in [0.5, 0.6) is 0 Å². The molecular formula is C15H21ClFN. The minimum absolute atomic E-state index is 0.137. The third-order valence-electron chi connectivity index (χ3n) is 3.84. The third kappa shape index (κ3) is 2.41. The largest absolute Gasteiger partial charge is 0.316 e. The first-order chi connectivity index (χ1) is 8.40. The first kappa shape index (κ1) is 13.8. The predicted octanol–water partition coefficient (Wildman–Crippen LogP) is 4.15. The molecule has 0 heterocycles. The molecule has 1 aromatic carbocycles. The quantitative estimate of drug-likeness (QED) is 0.866. The van der Waals surface area contributed by atoms with Crippen LogP contribution in [0, 0.1) is 11.2 Å². The van der Waals surface area contributed by atoms with Gasteiger partial charge in [-0.15, -0.1) is 0 Å². The molecule has 0 saturated heterocycles. The van der Waals surface area contributed by atoms with Gasteiger partial charge in [-0.05, 0) is 36.9 Å². The van der Waals surface area contributed by atoms with Crippen molar-refractivity contribution in [3.63, 3.8) is 0 Å². The third-order valence-corrected chi connectivity index (χ3v) is 4.16. The first-order valence-electron chi connectivity index (χ1n) is 6.55. The average molecular weight is 270 g/mol. The van der Waals surface area contributed by atoms with E-state index >= 15 is 0 Å². The molecule has 0 spiro atoms. The van der Waals surface area contributed by atoms with Gasteiger partial charge in [-0.3, -0.25) is 0 Å². The van der Waals surface area contributed by atoms with Crippen molar-refractivity contribution < 1.29 is 4.39 Å². The average Bonchev–Trinajstić information content (AvgIpc) is 2.23. The van der Waals surface area contributed by atoms with Gasteiger partial charge < -0.3 is 5.32 Å². The zero-order valence-electron chi connectivity index (χ0n) is 11.3. The Morgan fingerprint density at radius 2 is 2.00 bits per heavy atom. The van der Waals surface area contributed by atoms with Crippen LogP contribution in [0.3, 0.4) is 0 Å². The van der Waals surface area contributed by atoms with E-state index in [9.17, 15) is 4.39 Å². The molecule has 1 saturated carbocycles. The Hall–Kier alpha value is -0.600. The van der Waals surface area contributed by atoms with E-state index in [1.165, 1.54) is 6.07 Å². The smallest absolute Gasteiger partial charge is 0.128 e. The summed E-state index contributed by atoms with van der Waals surface area (Å²) >= 11 is 6.23. The fraction of sp³-hybridized carbons (Fsp3) is 0.600. The standard InChI is InChI=1S/C15H21ClFN/c1-4-18-10-15(8-14(2,3)9-15)13-11(16)6-5-7-12(13)17/h5-7,18H,4,8-10H2,1-3H3. The normalized spacial score (nSPS) is 20.5. The predicted molar refractivity (Wildman–Crippen MR) is 74.6 cm³/mol. The van der Waals surface area contributed by atoms with Gasteiger partial charge in [0, 0.05) is 22.5 Å². The van der Waals surface area contributed by atoms with Crippen molar-refractivity contribution in [1.29, 1.82) is 0 Å². The topological polar surface area (TPSA) is 12.0 Å². The summed E-state index contributed by atoms with van der Waals surface area (Å²) in [5, 5.41) is 3.92. The summed E-state index contributed by atoms with van der Waals surface area (Å²) < 4.78 is 14.1. The molecule has 2 rings (SSSR count). The van der Waals surface area contributed by atoms with E-state index in [1.807, 2.05) is 0 Å². The molecule has 0 amide bonds. The Labute approximate surface area is 114 Å². The second-order valence-corrected chi connectivity index (χ2v) is 6.58. The van der Waals surface area contributed by atoms with Crippen molar-refractivity contribution in [2.24, 2.45) is 5.41 Å². The molecule has 0 bridgehead atoms. The van der Waals surface area contributed by atoms with E-state index < -0.39 is 0 Å². The maximum atomic E-state index is 14.1. The van der Waals surface area contributed by atoms with E-state index in [0.717, 1.165) is 25.9 Å². The fourth-order valence-corrected chi connectivity index (χ4v) is 3.90. The van der Waals surface area contributed by atoms with Crippen molar-refractivity contribution in [2.75, 3.05) is 13.1 Å². The number of nitrogens with one attached hydrogen (secondary N) is 1. The van der Waals surface area contributed by atoms with E-state index in [2.05, 4.69) is 26.1 Å².